The lowest BCUT2D eigenvalue weighted by molar-refractivity contribution is -0.175. The van der Waals surface area contributed by atoms with Crippen LogP contribution < -0.4 is 5.32 Å². The highest BCUT2D eigenvalue weighted by Crippen LogP contribution is 2.20. The van der Waals surface area contributed by atoms with Gasteiger partial charge in [0.1, 0.15) is 6.61 Å². The van der Waals surface area contributed by atoms with Crippen molar-refractivity contribution in [3.8, 4) is 0 Å². The molecule has 0 aliphatic rings. The third-order valence-corrected chi connectivity index (χ3v) is 3.24. The van der Waals surface area contributed by atoms with E-state index < -0.39 is 12.8 Å². The summed E-state index contributed by atoms with van der Waals surface area (Å²) in [6.45, 7) is 5.99. The second kappa shape index (κ2) is 10.5. The minimum atomic E-state index is -4.23. The molecule has 0 spiro atoms. The minimum Gasteiger partial charge on any atom is -0.370 e. The summed E-state index contributed by atoms with van der Waals surface area (Å²) in [5, 5.41) is 3.22. The van der Waals surface area contributed by atoms with E-state index in [1.165, 1.54) is 6.42 Å². The largest absolute Gasteiger partial charge is 0.411 e. The fourth-order valence-electron chi connectivity index (χ4n) is 2.20. The first-order chi connectivity index (χ1) is 8.92. The summed E-state index contributed by atoms with van der Waals surface area (Å²) in [6, 6.07) is 0.0224. The SMILES string of the molecule is CCCCC(CC)CC(COCC(F)(F)F)NCC. The number of alkyl halides is 3. The first kappa shape index (κ1) is 18.7. The molecule has 0 radical (unpaired) electrons. The molecule has 0 amide bonds. The van der Waals surface area contributed by atoms with Gasteiger partial charge in [-0.15, -0.1) is 0 Å². The van der Waals surface area contributed by atoms with Crippen molar-refractivity contribution in [2.45, 2.75) is 65.1 Å². The highest BCUT2D eigenvalue weighted by molar-refractivity contribution is 4.71. The topological polar surface area (TPSA) is 21.3 Å². The Morgan fingerprint density at radius 2 is 1.84 bits per heavy atom. The summed E-state index contributed by atoms with van der Waals surface area (Å²) in [7, 11) is 0. The highest BCUT2D eigenvalue weighted by atomic mass is 19.4. The number of unbranched alkanes of at least 4 members (excludes halogenated alkanes) is 1. The molecule has 116 valence electrons. The average molecular weight is 283 g/mol. The van der Waals surface area contributed by atoms with E-state index in [1.807, 2.05) is 6.92 Å². The third-order valence-electron chi connectivity index (χ3n) is 3.24. The Hall–Kier alpha value is -0.290. The van der Waals surface area contributed by atoms with Gasteiger partial charge in [-0.05, 0) is 18.9 Å². The van der Waals surface area contributed by atoms with E-state index in [2.05, 4.69) is 19.2 Å². The Kier molecular flexibility index (Phi) is 10.3. The molecular formula is C14H28F3NO. The fourth-order valence-corrected chi connectivity index (χ4v) is 2.20. The van der Waals surface area contributed by atoms with Crippen LogP contribution in [-0.2, 0) is 4.74 Å². The standard InChI is InChI=1S/C14H28F3NO/c1-4-7-8-12(5-2)9-13(18-6-3)10-19-11-14(15,16)17/h12-13,18H,4-11H2,1-3H3. The number of ether oxygens (including phenoxy) is 1. The van der Waals surface area contributed by atoms with Gasteiger partial charge in [-0.25, -0.2) is 0 Å². The van der Waals surface area contributed by atoms with Crippen LogP contribution in [0.25, 0.3) is 0 Å². The van der Waals surface area contributed by atoms with E-state index in [0.29, 0.717) is 5.92 Å². The predicted molar refractivity (Wildman–Crippen MR) is 72.3 cm³/mol. The zero-order valence-electron chi connectivity index (χ0n) is 12.4. The first-order valence-electron chi connectivity index (χ1n) is 7.30. The number of hydrogen-bond acceptors (Lipinski definition) is 2. The fraction of sp³-hybridized carbons (Fsp3) is 1.00. The quantitative estimate of drug-likeness (QED) is 0.615. The van der Waals surface area contributed by atoms with E-state index in [0.717, 1.165) is 32.2 Å². The van der Waals surface area contributed by atoms with Crippen molar-refractivity contribution in [2.75, 3.05) is 19.8 Å². The van der Waals surface area contributed by atoms with Crippen molar-refractivity contribution in [1.29, 1.82) is 0 Å². The lowest BCUT2D eigenvalue weighted by atomic mass is 9.92. The van der Waals surface area contributed by atoms with Gasteiger partial charge in [0.25, 0.3) is 0 Å². The van der Waals surface area contributed by atoms with Crippen LogP contribution >= 0.6 is 0 Å². The summed E-state index contributed by atoms with van der Waals surface area (Å²) >= 11 is 0. The van der Waals surface area contributed by atoms with Crippen molar-refractivity contribution in [3.63, 3.8) is 0 Å². The molecule has 19 heavy (non-hydrogen) atoms. The predicted octanol–water partition coefficient (Wildman–Crippen LogP) is 4.15. The second-order valence-electron chi connectivity index (χ2n) is 5.04. The van der Waals surface area contributed by atoms with Gasteiger partial charge in [0.2, 0.25) is 0 Å². The maximum atomic E-state index is 12.0. The molecule has 0 saturated carbocycles. The normalized spacial score (nSPS) is 15.5. The molecule has 0 bridgehead atoms. The summed E-state index contributed by atoms with van der Waals surface area (Å²) in [4.78, 5) is 0. The Balaban J connectivity index is 4.07. The Labute approximate surface area is 115 Å². The number of likely N-dealkylation sites (N-methyl/N-ethyl adjacent to an activating group) is 1. The zero-order valence-corrected chi connectivity index (χ0v) is 12.4. The summed E-state index contributed by atoms with van der Waals surface area (Å²) in [6.07, 6.45) is 1.22. The lowest BCUT2D eigenvalue weighted by Crippen LogP contribution is -2.36. The van der Waals surface area contributed by atoms with Crippen LogP contribution in [0.3, 0.4) is 0 Å². The van der Waals surface area contributed by atoms with Crippen molar-refractivity contribution in [3.05, 3.63) is 0 Å². The number of rotatable bonds is 11. The summed E-state index contributed by atoms with van der Waals surface area (Å²) in [5.74, 6) is 0.568. The van der Waals surface area contributed by atoms with Crippen LogP contribution in [0.15, 0.2) is 0 Å². The van der Waals surface area contributed by atoms with Gasteiger partial charge in [-0.1, -0.05) is 46.5 Å². The van der Waals surface area contributed by atoms with Gasteiger partial charge in [-0.3, -0.25) is 0 Å². The molecule has 2 atom stereocenters. The van der Waals surface area contributed by atoms with Crippen LogP contribution in [0, 0.1) is 5.92 Å². The molecule has 2 nitrogen and oxygen atoms in total. The van der Waals surface area contributed by atoms with Crippen LogP contribution in [0.4, 0.5) is 13.2 Å². The Bertz CT molecular complexity index is 209. The average Bonchev–Trinajstić information content (AvgIpc) is 2.32. The molecule has 0 fully saturated rings. The molecule has 0 heterocycles. The zero-order chi connectivity index (χ0) is 14.7. The van der Waals surface area contributed by atoms with Crippen molar-refractivity contribution < 1.29 is 17.9 Å². The number of halogens is 3. The third kappa shape index (κ3) is 11.3. The van der Waals surface area contributed by atoms with Gasteiger partial charge >= 0.3 is 6.18 Å². The number of nitrogens with one attached hydrogen (secondary N) is 1. The molecule has 0 aliphatic carbocycles. The molecular weight excluding hydrogens is 255 g/mol. The van der Waals surface area contributed by atoms with E-state index in [-0.39, 0.29) is 12.6 Å². The van der Waals surface area contributed by atoms with Crippen LogP contribution in [-0.4, -0.2) is 32.0 Å². The molecule has 0 aromatic carbocycles. The highest BCUT2D eigenvalue weighted by Gasteiger charge is 2.28. The Morgan fingerprint density at radius 1 is 1.16 bits per heavy atom. The van der Waals surface area contributed by atoms with E-state index in [4.69, 9.17) is 4.74 Å². The van der Waals surface area contributed by atoms with E-state index in [9.17, 15) is 13.2 Å². The summed E-state index contributed by atoms with van der Waals surface area (Å²) in [5.41, 5.74) is 0. The van der Waals surface area contributed by atoms with Gasteiger partial charge < -0.3 is 10.1 Å². The van der Waals surface area contributed by atoms with Gasteiger partial charge in [-0.2, -0.15) is 13.2 Å². The van der Waals surface area contributed by atoms with Crippen LogP contribution in [0.1, 0.15) is 52.9 Å². The van der Waals surface area contributed by atoms with Gasteiger partial charge in [0.05, 0.1) is 6.61 Å². The van der Waals surface area contributed by atoms with Crippen LogP contribution in [0.2, 0.25) is 0 Å². The van der Waals surface area contributed by atoms with Gasteiger partial charge in [0.15, 0.2) is 0 Å². The van der Waals surface area contributed by atoms with Crippen LogP contribution in [0.5, 0.6) is 0 Å². The molecule has 1 N–H and O–H groups in total. The molecule has 0 aromatic rings. The minimum absolute atomic E-state index is 0.0224. The molecule has 0 aliphatic heterocycles. The molecule has 0 saturated heterocycles. The smallest absolute Gasteiger partial charge is 0.370 e. The monoisotopic (exact) mass is 283 g/mol. The maximum Gasteiger partial charge on any atom is 0.411 e. The van der Waals surface area contributed by atoms with E-state index in [1.54, 1.807) is 0 Å². The molecule has 0 rings (SSSR count). The Morgan fingerprint density at radius 3 is 2.32 bits per heavy atom. The first-order valence-corrected chi connectivity index (χ1v) is 7.30. The number of hydrogen-bond donors (Lipinski definition) is 1. The molecule has 5 heteroatoms. The lowest BCUT2D eigenvalue weighted by Gasteiger charge is -2.23. The maximum absolute atomic E-state index is 12.0. The molecule has 2 unspecified atom stereocenters. The van der Waals surface area contributed by atoms with Crippen molar-refractivity contribution in [1.82, 2.24) is 5.32 Å². The van der Waals surface area contributed by atoms with Crippen molar-refractivity contribution >= 4 is 0 Å². The summed E-state index contributed by atoms with van der Waals surface area (Å²) < 4.78 is 40.9. The van der Waals surface area contributed by atoms with E-state index >= 15 is 0 Å². The van der Waals surface area contributed by atoms with Crippen molar-refractivity contribution in [2.24, 2.45) is 5.92 Å². The second-order valence-corrected chi connectivity index (χ2v) is 5.04. The molecule has 0 aromatic heterocycles. The van der Waals surface area contributed by atoms with Gasteiger partial charge in [0, 0.05) is 6.04 Å².